The molecule has 3 aromatic rings. The smallest absolute Gasteiger partial charge is 0.271 e. The minimum atomic E-state index is -0.523. The molecule has 25 heavy (non-hydrogen) atoms. The summed E-state index contributed by atoms with van der Waals surface area (Å²) in [6.07, 6.45) is 3.28. The Kier molecular flexibility index (Phi) is 4.42. The van der Waals surface area contributed by atoms with Gasteiger partial charge in [-0.2, -0.15) is 5.10 Å². The number of rotatable bonds is 5. The summed E-state index contributed by atoms with van der Waals surface area (Å²) in [5, 5.41) is 15.5. The maximum atomic E-state index is 12.0. The Labute approximate surface area is 142 Å². The first-order valence-electron chi connectivity index (χ1n) is 7.31. The average Bonchev–Trinajstić information content (AvgIpc) is 3.04. The summed E-state index contributed by atoms with van der Waals surface area (Å²) in [7, 11) is 1.59. The minimum Gasteiger partial charge on any atom is -0.497 e. The zero-order valence-electron chi connectivity index (χ0n) is 13.2. The van der Waals surface area contributed by atoms with Crippen LogP contribution < -0.4 is 10.2 Å². The van der Waals surface area contributed by atoms with Crippen molar-refractivity contribution >= 4 is 28.7 Å². The number of methoxy groups -OCH3 is 1. The van der Waals surface area contributed by atoms with Crippen LogP contribution in [0.15, 0.2) is 53.8 Å². The first-order chi connectivity index (χ1) is 12.1. The van der Waals surface area contributed by atoms with Crippen molar-refractivity contribution in [2.75, 3.05) is 7.11 Å². The maximum Gasteiger partial charge on any atom is 0.271 e. The molecule has 3 rings (SSSR count). The van der Waals surface area contributed by atoms with Gasteiger partial charge in [-0.1, -0.05) is 0 Å². The highest BCUT2D eigenvalue weighted by Gasteiger charge is 2.09. The van der Waals surface area contributed by atoms with Crippen LogP contribution in [0.4, 0.5) is 5.69 Å². The van der Waals surface area contributed by atoms with E-state index in [9.17, 15) is 14.9 Å². The van der Waals surface area contributed by atoms with E-state index in [4.69, 9.17) is 4.74 Å². The lowest BCUT2D eigenvalue weighted by molar-refractivity contribution is -0.384. The highest BCUT2D eigenvalue weighted by atomic mass is 16.6. The molecule has 8 heteroatoms. The summed E-state index contributed by atoms with van der Waals surface area (Å²) in [5.74, 6) is 0.264. The summed E-state index contributed by atoms with van der Waals surface area (Å²) < 4.78 is 5.20. The van der Waals surface area contributed by atoms with Crippen molar-refractivity contribution in [3.8, 4) is 5.75 Å². The summed E-state index contributed by atoms with van der Waals surface area (Å²) in [6, 6.07) is 10.9. The molecular weight excluding hydrogens is 324 g/mol. The fraction of sp³-hybridized carbons (Fsp3) is 0.0588. The first-order valence-corrected chi connectivity index (χ1v) is 7.31. The van der Waals surface area contributed by atoms with Crippen LogP contribution in [0.25, 0.3) is 10.9 Å². The van der Waals surface area contributed by atoms with Gasteiger partial charge in [0.2, 0.25) is 0 Å². The SMILES string of the molecule is COc1ccc2[nH]cc(C=NNC(=O)c3ccc([N+](=O)[O-])cc3)c2c1. The number of nitro groups is 1. The number of non-ortho nitro benzene ring substituents is 1. The van der Waals surface area contributed by atoms with Crippen molar-refractivity contribution in [2.24, 2.45) is 5.10 Å². The van der Waals surface area contributed by atoms with Gasteiger partial charge >= 0.3 is 0 Å². The molecule has 0 aliphatic carbocycles. The lowest BCUT2D eigenvalue weighted by Crippen LogP contribution is -2.17. The maximum absolute atomic E-state index is 12.0. The number of benzene rings is 2. The average molecular weight is 338 g/mol. The van der Waals surface area contributed by atoms with E-state index in [0.29, 0.717) is 0 Å². The molecule has 0 saturated carbocycles. The number of amides is 1. The number of nitrogens with one attached hydrogen (secondary N) is 2. The van der Waals surface area contributed by atoms with Crippen LogP contribution in [-0.4, -0.2) is 29.1 Å². The van der Waals surface area contributed by atoms with Gasteiger partial charge in [0.25, 0.3) is 11.6 Å². The van der Waals surface area contributed by atoms with Gasteiger partial charge in [0.15, 0.2) is 0 Å². The normalized spacial score (nSPS) is 10.9. The number of aromatic nitrogens is 1. The van der Waals surface area contributed by atoms with Crippen molar-refractivity contribution in [3.63, 3.8) is 0 Å². The van der Waals surface area contributed by atoms with Gasteiger partial charge in [-0.3, -0.25) is 14.9 Å². The van der Waals surface area contributed by atoms with Crippen LogP contribution in [0.2, 0.25) is 0 Å². The fourth-order valence-electron chi connectivity index (χ4n) is 2.31. The Morgan fingerprint density at radius 2 is 2.04 bits per heavy atom. The van der Waals surface area contributed by atoms with Crippen LogP contribution in [0.3, 0.4) is 0 Å². The monoisotopic (exact) mass is 338 g/mol. The molecule has 8 nitrogen and oxygen atoms in total. The first kappa shape index (κ1) is 16.2. The number of carbonyl (C=O) groups is 1. The van der Waals surface area contributed by atoms with E-state index in [1.54, 1.807) is 13.3 Å². The predicted octanol–water partition coefficient (Wildman–Crippen LogP) is 2.85. The van der Waals surface area contributed by atoms with Crippen molar-refractivity contribution in [3.05, 3.63) is 69.9 Å². The predicted molar refractivity (Wildman–Crippen MR) is 93.0 cm³/mol. The van der Waals surface area contributed by atoms with E-state index in [-0.39, 0.29) is 11.3 Å². The van der Waals surface area contributed by atoms with Gasteiger partial charge < -0.3 is 9.72 Å². The molecule has 0 spiro atoms. The van der Waals surface area contributed by atoms with E-state index >= 15 is 0 Å². The highest BCUT2D eigenvalue weighted by Crippen LogP contribution is 2.22. The van der Waals surface area contributed by atoms with Gasteiger partial charge in [-0.15, -0.1) is 0 Å². The second kappa shape index (κ2) is 6.83. The Morgan fingerprint density at radius 1 is 1.28 bits per heavy atom. The molecule has 0 aliphatic rings. The molecule has 126 valence electrons. The number of ether oxygens (including phenoxy) is 1. The molecule has 0 bridgehead atoms. The quantitative estimate of drug-likeness (QED) is 0.423. The van der Waals surface area contributed by atoms with Crippen molar-refractivity contribution in [1.29, 1.82) is 0 Å². The Morgan fingerprint density at radius 3 is 2.72 bits per heavy atom. The molecule has 1 aromatic heterocycles. The molecule has 1 heterocycles. The van der Waals surface area contributed by atoms with Crippen molar-refractivity contribution < 1.29 is 14.5 Å². The summed E-state index contributed by atoms with van der Waals surface area (Å²) in [5.41, 5.74) is 4.31. The third kappa shape index (κ3) is 3.47. The largest absolute Gasteiger partial charge is 0.497 e. The fourth-order valence-corrected chi connectivity index (χ4v) is 2.31. The Bertz CT molecular complexity index is 960. The van der Waals surface area contributed by atoms with Gasteiger partial charge in [0, 0.05) is 40.4 Å². The topological polar surface area (TPSA) is 110 Å². The van der Waals surface area contributed by atoms with Crippen LogP contribution in [0, 0.1) is 10.1 Å². The lowest BCUT2D eigenvalue weighted by atomic mass is 10.2. The van der Waals surface area contributed by atoms with E-state index in [2.05, 4.69) is 15.5 Å². The number of aromatic amines is 1. The van der Waals surface area contributed by atoms with E-state index in [1.165, 1.54) is 30.5 Å². The van der Waals surface area contributed by atoms with Crippen molar-refractivity contribution in [1.82, 2.24) is 10.4 Å². The van der Waals surface area contributed by atoms with E-state index in [0.717, 1.165) is 22.2 Å². The number of nitro benzene ring substituents is 1. The van der Waals surface area contributed by atoms with Crippen LogP contribution in [-0.2, 0) is 0 Å². The number of carbonyl (C=O) groups excluding carboxylic acids is 1. The standard InChI is InChI=1S/C17H14N4O4/c1-25-14-6-7-16-15(8-14)12(9-18-16)10-19-20-17(22)11-2-4-13(5-3-11)21(23)24/h2-10,18H,1H3,(H,20,22). The molecule has 1 amide bonds. The molecule has 0 saturated heterocycles. The Balaban J connectivity index is 1.72. The second-order valence-corrected chi connectivity index (χ2v) is 5.16. The zero-order valence-corrected chi connectivity index (χ0v) is 13.2. The molecule has 2 N–H and O–H groups in total. The molecule has 0 unspecified atom stereocenters. The van der Waals surface area contributed by atoms with E-state index in [1.807, 2.05) is 18.2 Å². The number of hydrazone groups is 1. The molecule has 2 aromatic carbocycles. The molecule has 0 fully saturated rings. The van der Waals surface area contributed by atoms with Gasteiger partial charge in [0.1, 0.15) is 5.75 Å². The minimum absolute atomic E-state index is 0.0761. The molecule has 0 radical (unpaired) electrons. The summed E-state index contributed by atoms with van der Waals surface area (Å²) in [4.78, 5) is 25.2. The number of H-pyrrole nitrogens is 1. The third-order valence-electron chi connectivity index (χ3n) is 3.63. The highest BCUT2D eigenvalue weighted by molar-refractivity contribution is 6.00. The third-order valence-corrected chi connectivity index (χ3v) is 3.63. The number of nitrogens with zero attached hydrogens (tertiary/aromatic N) is 2. The summed E-state index contributed by atoms with van der Waals surface area (Å²) >= 11 is 0. The lowest BCUT2D eigenvalue weighted by Gasteiger charge is -2.00. The number of hydrogen-bond acceptors (Lipinski definition) is 5. The number of hydrogen-bond donors (Lipinski definition) is 2. The van der Waals surface area contributed by atoms with Gasteiger partial charge in [-0.05, 0) is 30.3 Å². The van der Waals surface area contributed by atoms with Gasteiger partial charge in [0.05, 0.1) is 18.2 Å². The van der Waals surface area contributed by atoms with Crippen LogP contribution >= 0.6 is 0 Å². The second-order valence-electron chi connectivity index (χ2n) is 5.16. The molecule has 0 aliphatic heterocycles. The zero-order chi connectivity index (χ0) is 17.8. The molecule has 0 atom stereocenters. The van der Waals surface area contributed by atoms with Crippen molar-refractivity contribution in [2.45, 2.75) is 0 Å². The number of fused-ring (bicyclic) bond motifs is 1. The Hall–Kier alpha value is -3.68. The van der Waals surface area contributed by atoms with Crippen LogP contribution in [0.5, 0.6) is 5.75 Å². The summed E-state index contributed by atoms with van der Waals surface area (Å²) in [6.45, 7) is 0. The van der Waals surface area contributed by atoms with Gasteiger partial charge in [-0.25, -0.2) is 5.43 Å². The van der Waals surface area contributed by atoms with Crippen LogP contribution in [0.1, 0.15) is 15.9 Å². The van der Waals surface area contributed by atoms with E-state index < -0.39 is 10.8 Å². The molecular formula is C17H14N4O4.